The molecule has 1 aliphatic carbocycles. The maximum Gasteiger partial charge on any atom is 0.255 e. The molecule has 2 amide bonds. The first-order valence-electron chi connectivity index (χ1n) is 10.5. The highest BCUT2D eigenvalue weighted by Crippen LogP contribution is 2.62. The first-order chi connectivity index (χ1) is 14.1. The largest absolute Gasteiger partial charge is 0.348 e. The van der Waals surface area contributed by atoms with Crippen LogP contribution in [0, 0.1) is 16.7 Å². The Morgan fingerprint density at radius 2 is 1.87 bits per heavy atom. The molecule has 3 aliphatic rings. The van der Waals surface area contributed by atoms with E-state index in [1.807, 2.05) is 4.90 Å². The summed E-state index contributed by atoms with van der Waals surface area (Å²) in [6.45, 7) is 1.91. The Hall–Kier alpha value is -2.00. The highest BCUT2D eigenvalue weighted by molar-refractivity contribution is 7.88. The summed E-state index contributed by atoms with van der Waals surface area (Å²) >= 11 is 0. The van der Waals surface area contributed by atoms with Crippen molar-refractivity contribution in [2.24, 2.45) is 16.7 Å². The molecule has 1 spiro atoms. The van der Waals surface area contributed by atoms with Crippen molar-refractivity contribution in [3.05, 3.63) is 30.1 Å². The number of fused-ring (bicyclic) bond motifs is 2. The van der Waals surface area contributed by atoms with E-state index in [1.165, 1.54) is 10.6 Å². The van der Waals surface area contributed by atoms with Crippen LogP contribution in [0.25, 0.3) is 0 Å². The van der Waals surface area contributed by atoms with Gasteiger partial charge >= 0.3 is 0 Å². The predicted molar refractivity (Wildman–Crippen MR) is 112 cm³/mol. The predicted octanol–water partition coefficient (Wildman–Crippen LogP) is 1.06. The maximum absolute atomic E-state index is 13.2. The first kappa shape index (κ1) is 21.2. The van der Waals surface area contributed by atoms with E-state index < -0.39 is 15.4 Å². The van der Waals surface area contributed by atoms with Gasteiger partial charge in [0, 0.05) is 52.7 Å². The van der Waals surface area contributed by atoms with E-state index in [-0.39, 0.29) is 29.7 Å². The minimum Gasteiger partial charge on any atom is -0.348 e. The standard InChI is InChI=1S/C21H30N4O4S/c1-23(2)19(27)21-7-6-20(17(21)14-25(15-21)30(3,28)29)8-11-24(12-9-20)18(26)16-5-4-10-22-13-16/h4-5,10,13,17H,6-9,11-12,14-15H2,1-3H3/t17-,21+/m1/s1. The second-order valence-electron chi connectivity index (χ2n) is 9.36. The number of hydrogen-bond acceptors (Lipinski definition) is 5. The number of sulfonamides is 1. The lowest BCUT2D eigenvalue weighted by molar-refractivity contribution is -0.141. The number of aromatic nitrogens is 1. The van der Waals surface area contributed by atoms with E-state index in [2.05, 4.69) is 4.98 Å². The molecule has 8 nitrogen and oxygen atoms in total. The molecule has 3 fully saturated rings. The number of likely N-dealkylation sites (tertiary alicyclic amines) is 1. The quantitative estimate of drug-likeness (QED) is 0.710. The Morgan fingerprint density at radius 3 is 2.43 bits per heavy atom. The van der Waals surface area contributed by atoms with E-state index in [0.717, 1.165) is 19.3 Å². The van der Waals surface area contributed by atoms with Gasteiger partial charge < -0.3 is 9.80 Å². The van der Waals surface area contributed by atoms with Crippen molar-refractivity contribution in [1.82, 2.24) is 19.1 Å². The Bertz CT molecular complexity index is 941. The lowest BCUT2D eigenvalue weighted by Gasteiger charge is -2.44. The summed E-state index contributed by atoms with van der Waals surface area (Å²) in [5.74, 6) is 0.00502. The summed E-state index contributed by atoms with van der Waals surface area (Å²) < 4.78 is 26.1. The summed E-state index contributed by atoms with van der Waals surface area (Å²) in [4.78, 5) is 33.6. The van der Waals surface area contributed by atoms with Gasteiger partial charge in [-0.3, -0.25) is 14.6 Å². The van der Waals surface area contributed by atoms with Crippen LogP contribution in [0.1, 0.15) is 36.0 Å². The topological polar surface area (TPSA) is 90.9 Å². The smallest absolute Gasteiger partial charge is 0.255 e. The molecule has 1 saturated carbocycles. The molecule has 2 aliphatic heterocycles. The van der Waals surface area contributed by atoms with E-state index >= 15 is 0 Å². The van der Waals surface area contributed by atoms with Crippen molar-refractivity contribution in [1.29, 1.82) is 0 Å². The number of piperidine rings is 1. The lowest BCUT2D eigenvalue weighted by Crippen LogP contribution is -2.49. The number of pyridine rings is 1. The van der Waals surface area contributed by atoms with E-state index in [0.29, 0.717) is 31.6 Å². The zero-order valence-electron chi connectivity index (χ0n) is 17.9. The number of amides is 2. The molecule has 2 saturated heterocycles. The molecule has 2 atom stereocenters. The van der Waals surface area contributed by atoms with Gasteiger partial charge in [-0.15, -0.1) is 0 Å². The van der Waals surface area contributed by atoms with E-state index in [4.69, 9.17) is 0 Å². The number of rotatable bonds is 3. The second kappa shape index (κ2) is 7.30. The lowest BCUT2D eigenvalue weighted by atomic mass is 9.65. The molecule has 4 rings (SSSR count). The third-order valence-electron chi connectivity index (χ3n) is 7.58. The number of hydrogen-bond donors (Lipinski definition) is 0. The summed E-state index contributed by atoms with van der Waals surface area (Å²) in [6, 6.07) is 3.53. The third-order valence-corrected chi connectivity index (χ3v) is 8.79. The molecule has 164 valence electrons. The fourth-order valence-corrected chi connectivity index (χ4v) is 6.88. The minimum absolute atomic E-state index is 0.00901. The number of nitrogens with zero attached hydrogens (tertiary/aromatic N) is 4. The number of carbonyl (C=O) groups excluding carboxylic acids is 2. The highest BCUT2D eigenvalue weighted by atomic mass is 32.2. The van der Waals surface area contributed by atoms with Crippen LogP contribution in [-0.2, 0) is 14.8 Å². The van der Waals surface area contributed by atoms with Gasteiger partial charge in [-0.1, -0.05) is 0 Å². The van der Waals surface area contributed by atoms with Crippen LogP contribution >= 0.6 is 0 Å². The van der Waals surface area contributed by atoms with Crippen molar-refractivity contribution in [2.45, 2.75) is 25.7 Å². The highest BCUT2D eigenvalue weighted by Gasteiger charge is 2.65. The van der Waals surface area contributed by atoms with E-state index in [1.54, 1.807) is 43.5 Å². The average Bonchev–Trinajstić information content (AvgIpc) is 3.26. The Labute approximate surface area is 178 Å². The van der Waals surface area contributed by atoms with Crippen LogP contribution in [0.2, 0.25) is 0 Å². The molecule has 0 aromatic carbocycles. The van der Waals surface area contributed by atoms with Crippen molar-refractivity contribution in [3.8, 4) is 0 Å². The van der Waals surface area contributed by atoms with Crippen molar-refractivity contribution < 1.29 is 18.0 Å². The number of carbonyl (C=O) groups is 2. The van der Waals surface area contributed by atoms with Crippen molar-refractivity contribution in [2.75, 3.05) is 46.5 Å². The van der Waals surface area contributed by atoms with Gasteiger partial charge in [0.05, 0.1) is 17.2 Å². The van der Waals surface area contributed by atoms with Gasteiger partial charge in [-0.2, -0.15) is 0 Å². The van der Waals surface area contributed by atoms with Gasteiger partial charge in [0.15, 0.2) is 0 Å². The molecule has 3 heterocycles. The zero-order chi connectivity index (χ0) is 21.7. The monoisotopic (exact) mass is 434 g/mol. The van der Waals surface area contributed by atoms with Crippen LogP contribution in [0.4, 0.5) is 0 Å². The fourth-order valence-electron chi connectivity index (χ4n) is 5.99. The molecule has 9 heteroatoms. The normalized spacial score (nSPS) is 28.5. The molecule has 1 aromatic heterocycles. The van der Waals surface area contributed by atoms with Gasteiger partial charge in [0.2, 0.25) is 15.9 Å². The van der Waals surface area contributed by atoms with Crippen LogP contribution in [0.3, 0.4) is 0 Å². The van der Waals surface area contributed by atoms with E-state index in [9.17, 15) is 18.0 Å². The molecular formula is C21H30N4O4S. The summed E-state index contributed by atoms with van der Waals surface area (Å²) in [5, 5.41) is 0. The van der Waals surface area contributed by atoms with Crippen molar-refractivity contribution in [3.63, 3.8) is 0 Å². The minimum atomic E-state index is -3.37. The van der Waals surface area contributed by atoms with Crippen LogP contribution in [-0.4, -0.2) is 85.9 Å². The second-order valence-corrected chi connectivity index (χ2v) is 11.3. The Morgan fingerprint density at radius 1 is 1.17 bits per heavy atom. The summed E-state index contributed by atoms with van der Waals surface area (Å²) in [5.41, 5.74) is -0.167. The summed E-state index contributed by atoms with van der Waals surface area (Å²) in [6.07, 6.45) is 7.66. The van der Waals surface area contributed by atoms with Gasteiger partial charge in [0.25, 0.3) is 5.91 Å². The van der Waals surface area contributed by atoms with Crippen LogP contribution in [0.15, 0.2) is 24.5 Å². The van der Waals surface area contributed by atoms with Crippen LogP contribution < -0.4 is 0 Å². The van der Waals surface area contributed by atoms with Gasteiger partial charge in [-0.05, 0) is 49.1 Å². The Balaban J connectivity index is 1.57. The molecular weight excluding hydrogens is 404 g/mol. The molecule has 0 unspecified atom stereocenters. The maximum atomic E-state index is 13.2. The first-order valence-corrected chi connectivity index (χ1v) is 12.3. The molecule has 1 aromatic rings. The summed E-state index contributed by atoms with van der Waals surface area (Å²) in [7, 11) is 0.128. The third kappa shape index (κ3) is 3.32. The van der Waals surface area contributed by atoms with Crippen LogP contribution in [0.5, 0.6) is 0 Å². The average molecular weight is 435 g/mol. The zero-order valence-corrected chi connectivity index (χ0v) is 18.7. The van der Waals surface area contributed by atoms with Gasteiger partial charge in [-0.25, -0.2) is 12.7 Å². The molecule has 0 radical (unpaired) electrons. The molecule has 0 bridgehead atoms. The molecule has 30 heavy (non-hydrogen) atoms. The van der Waals surface area contributed by atoms with Gasteiger partial charge in [0.1, 0.15) is 0 Å². The fraction of sp³-hybridized carbons (Fsp3) is 0.667. The SMILES string of the molecule is CN(C)C(=O)[C@]12CCC3(CCN(C(=O)c4cccnc4)CC3)[C@H]1CN(S(C)(=O)=O)C2. The molecule has 0 N–H and O–H groups in total. The van der Waals surface area contributed by atoms with Crippen molar-refractivity contribution >= 4 is 21.8 Å². The Kier molecular flexibility index (Phi) is 5.17.